The highest BCUT2D eigenvalue weighted by molar-refractivity contribution is 7.58. The van der Waals surface area contributed by atoms with Gasteiger partial charge in [-0.05, 0) is 55.0 Å². The summed E-state index contributed by atoms with van der Waals surface area (Å²) < 4.78 is 51.5. The minimum atomic E-state index is -3.65. The summed E-state index contributed by atoms with van der Waals surface area (Å²) in [5.74, 6) is -0.356. The number of hydrogen-bond acceptors (Lipinski definition) is 8. The van der Waals surface area contributed by atoms with Crippen LogP contribution in [0, 0.1) is 0 Å². The van der Waals surface area contributed by atoms with Gasteiger partial charge in [0.15, 0.2) is 0 Å². The zero-order valence-corrected chi connectivity index (χ0v) is 30.6. The summed E-state index contributed by atoms with van der Waals surface area (Å²) >= 11 is 0. The number of hydrogen-bond donors (Lipinski definition) is 2. The number of nitrogens with one attached hydrogen (secondary N) is 2. The van der Waals surface area contributed by atoms with Crippen LogP contribution in [0.4, 0.5) is 0 Å². The van der Waals surface area contributed by atoms with E-state index in [4.69, 9.17) is 18.5 Å². The van der Waals surface area contributed by atoms with E-state index in [0.717, 1.165) is 16.5 Å². The van der Waals surface area contributed by atoms with Crippen molar-refractivity contribution in [3.05, 3.63) is 108 Å². The van der Waals surface area contributed by atoms with Gasteiger partial charge in [0, 0.05) is 5.39 Å². The van der Waals surface area contributed by atoms with Crippen LogP contribution in [0.25, 0.3) is 10.8 Å². The standard InChI is InChI=1S/C37H46N2O8P2/c1-7-44-37(41)34(39-49(43,27(4)5)46-31-19-12-9-13-20-31)24-30-18-14-22-33-32(30)21-15-23-35(33)47-48(42,26(2)3)38-28(6)36(40)45-25-29-16-10-8-11-17-29/h8-23,26-28,34H,7,24-25H2,1-6H3,(H,38,42)(H,39,43)/t28-,34-,48?,49?/m0/s1. The van der Waals surface area contributed by atoms with E-state index in [0.29, 0.717) is 16.9 Å². The number of benzene rings is 4. The quantitative estimate of drug-likeness (QED) is 0.0817. The fourth-order valence-corrected chi connectivity index (χ4v) is 8.27. The first kappa shape index (κ1) is 37.9. The maximum absolute atomic E-state index is 14.3. The molecule has 0 bridgehead atoms. The van der Waals surface area contributed by atoms with Crippen LogP contribution in [-0.2, 0) is 41.2 Å². The van der Waals surface area contributed by atoms with E-state index in [-0.39, 0.29) is 19.6 Å². The molecule has 4 aromatic rings. The molecule has 0 saturated carbocycles. The summed E-state index contributed by atoms with van der Waals surface area (Å²) in [5.41, 5.74) is 0.651. The van der Waals surface area contributed by atoms with E-state index in [9.17, 15) is 18.7 Å². The van der Waals surface area contributed by atoms with E-state index >= 15 is 0 Å². The lowest BCUT2D eigenvalue weighted by atomic mass is 9.98. The number of fused-ring (bicyclic) bond motifs is 1. The maximum Gasteiger partial charge on any atom is 0.323 e. The molecule has 0 aliphatic carbocycles. The van der Waals surface area contributed by atoms with Crippen LogP contribution in [0.15, 0.2) is 97.1 Å². The molecular formula is C37H46N2O8P2. The topological polar surface area (TPSA) is 129 Å². The van der Waals surface area contributed by atoms with E-state index in [1.807, 2.05) is 60.7 Å². The summed E-state index contributed by atoms with van der Waals surface area (Å²) in [6.45, 7) is 10.6. The Balaban J connectivity index is 1.59. The highest BCUT2D eigenvalue weighted by Gasteiger charge is 2.37. The van der Waals surface area contributed by atoms with Crippen molar-refractivity contribution in [3.8, 4) is 11.5 Å². The molecular weight excluding hydrogens is 662 g/mol. The molecule has 4 atom stereocenters. The average Bonchev–Trinajstić information content (AvgIpc) is 3.08. The molecule has 2 unspecified atom stereocenters. The van der Waals surface area contributed by atoms with Gasteiger partial charge in [-0.25, -0.2) is 10.2 Å². The zero-order valence-electron chi connectivity index (χ0n) is 28.8. The Kier molecular flexibility index (Phi) is 13.2. The highest BCUT2D eigenvalue weighted by atomic mass is 31.2. The third kappa shape index (κ3) is 10.1. The molecule has 0 spiro atoms. The van der Waals surface area contributed by atoms with Gasteiger partial charge in [-0.15, -0.1) is 0 Å². The van der Waals surface area contributed by atoms with Gasteiger partial charge >= 0.3 is 27.0 Å². The molecule has 4 aromatic carbocycles. The molecule has 0 aromatic heterocycles. The van der Waals surface area contributed by atoms with Gasteiger partial charge in [-0.3, -0.25) is 18.7 Å². The molecule has 10 nitrogen and oxygen atoms in total. The molecule has 0 radical (unpaired) electrons. The van der Waals surface area contributed by atoms with Crippen molar-refractivity contribution in [3.63, 3.8) is 0 Å². The Morgan fingerprint density at radius 2 is 1.24 bits per heavy atom. The largest absolute Gasteiger partial charge is 0.465 e. The Morgan fingerprint density at radius 3 is 1.88 bits per heavy atom. The minimum Gasteiger partial charge on any atom is -0.465 e. The normalized spacial score (nSPS) is 15.2. The van der Waals surface area contributed by atoms with E-state index in [1.165, 1.54) is 0 Å². The third-order valence-electron chi connectivity index (χ3n) is 7.83. The number of carbonyl (C=O) groups is 2. The van der Waals surface area contributed by atoms with Crippen LogP contribution < -0.4 is 19.2 Å². The average molecular weight is 709 g/mol. The van der Waals surface area contributed by atoms with Gasteiger partial charge in [0.2, 0.25) is 0 Å². The molecule has 0 aliphatic heterocycles. The summed E-state index contributed by atoms with van der Waals surface area (Å²) in [6.07, 6.45) is 0.124. The molecule has 4 rings (SSSR count). The molecule has 262 valence electrons. The summed E-state index contributed by atoms with van der Waals surface area (Å²) in [7, 11) is -7.25. The number of para-hydroxylation sites is 1. The fraction of sp³-hybridized carbons (Fsp3) is 0.351. The first-order chi connectivity index (χ1) is 23.3. The Hall–Kier alpha value is -3.94. The predicted octanol–water partition coefficient (Wildman–Crippen LogP) is 8.29. The molecule has 12 heteroatoms. The molecule has 0 fully saturated rings. The lowest BCUT2D eigenvalue weighted by Crippen LogP contribution is -2.40. The van der Waals surface area contributed by atoms with Gasteiger partial charge in [0.25, 0.3) is 0 Å². The van der Waals surface area contributed by atoms with Gasteiger partial charge in [-0.1, -0.05) is 107 Å². The molecule has 49 heavy (non-hydrogen) atoms. The zero-order chi connectivity index (χ0) is 35.6. The lowest BCUT2D eigenvalue weighted by Gasteiger charge is -2.28. The van der Waals surface area contributed by atoms with Crippen molar-refractivity contribution in [1.82, 2.24) is 10.2 Å². The van der Waals surface area contributed by atoms with Crippen molar-refractivity contribution in [2.24, 2.45) is 0 Å². The van der Waals surface area contributed by atoms with Crippen molar-refractivity contribution in [2.75, 3.05) is 6.61 Å². The second kappa shape index (κ2) is 17.1. The van der Waals surface area contributed by atoms with E-state index in [2.05, 4.69) is 10.2 Å². The third-order valence-corrected chi connectivity index (χ3v) is 12.9. The van der Waals surface area contributed by atoms with Crippen LogP contribution in [0.1, 0.15) is 52.7 Å². The fourth-order valence-electron chi connectivity index (χ4n) is 4.99. The van der Waals surface area contributed by atoms with Gasteiger partial charge in [0.1, 0.15) is 30.2 Å². The Bertz CT molecular complexity index is 1800. The Morgan fingerprint density at radius 1 is 0.653 bits per heavy atom. The number of esters is 2. The van der Waals surface area contributed by atoms with Gasteiger partial charge in [0.05, 0.1) is 17.9 Å². The van der Waals surface area contributed by atoms with E-state index < -0.39 is 50.4 Å². The maximum atomic E-state index is 14.3. The van der Waals surface area contributed by atoms with Crippen LogP contribution in [0.2, 0.25) is 0 Å². The van der Waals surface area contributed by atoms with Crippen LogP contribution in [0.5, 0.6) is 11.5 Å². The van der Waals surface area contributed by atoms with Gasteiger partial charge in [-0.2, -0.15) is 0 Å². The second-order valence-corrected chi connectivity index (χ2v) is 17.6. The first-order valence-electron chi connectivity index (χ1n) is 16.4. The summed E-state index contributed by atoms with van der Waals surface area (Å²) in [6, 6.07) is 27.1. The molecule has 0 saturated heterocycles. The van der Waals surface area contributed by atoms with Gasteiger partial charge < -0.3 is 18.5 Å². The summed E-state index contributed by atoms with van der Waals surface area (Å²) in [4.78, 5) is 26.1. The lowest BCUT2D eigenvalue weighted by molar-refractivity contribution is -0.146. The van der Waals surface area contributed by atoms with Crippen molar-refractivity contribution < 1.29 is 37.2 Å². The molecule has 0 heterocycles. The molecule has 0 amide bonds. The number of rotatable bonds is 17. The second-order valence-electron chi connectivity index (χ2n) is 12.2. The Labute approximate surface area is 288 Å². The monoisotopic (exact) mass is 708 g/mol. The first-order valence-corrected chi connectivity index (χ1v) is 19.8. The van der Waals surface area contributed by atoms with E-state index in [1.54, 1.807) is 77.9 Å². The molecule has 2 N–H and O–H groups in total. The van der Waals surface area contributed by atoms with Crippen molar-refractivity contribution >= 4 is 37.8 Å². The smallest absolute Gasteiger partial charge is 0.323 e. The number of ether oxygens (including phenoxy) is 2. The highest BCUT2D eigenvalue weighted by Crippen LogP contribution is 2.50. The summed E-state index contributed by atoms with van der Waals surface area (Å²) in [5, 5.41) is 7.33. The van der Waals surface area contributed by atoms with Crippen molar-refractivity contribution in [1.29, 1.82) is 0 Å². The molecule has 0 aliphatic rings. The minimum absolute atomic E-state index is 0.0945. The predicted molar refractivity (Wildman–Crippen MR) is 193 cm³/mol. The van der Waals surface area contributed by atoms with Crippen LogP contribution in [-0.4, -0.2) is 41.9 Å². The van der Waals surface area contributed by atoms with Crippen molar-refractivity contribution in [2.45, 2.75) is 78.0 Å². The SMILES string of the molecule is CCOC(=O)[C@H](Cc1cccc2c(OP(=O)(N[C@@H](C)C(=O)OCc3ccccc3)C(C)C)cccc12)NP(=O)(Oc1ccccc1)C(C)C. The number of carbonyl (C=O) groups excluding carboxylic acids is 2. The van der Waals surface area contributed by atoms with Crippen LogP contribution >= 0.6 is 15.0 Å². The van der Waals surface area contributed by atoms with Crippen LogP contribution in [0.3, 0.4) is 0 Å².